The Bertz CT molecular complexity index is 1070. The molecular formula is C23H27F2N5. The van der Waals surface area contributed by atoms with E-state index in [4.69, 9.17) is 0 Å². The van der Waals surface area contributed by atoms with Crippen molar-refractivity contribution in [2.24, 2.45) is 0 Å². The van der Waals surface area contributed by atoms with Crippen LogP contribution in [0, 0.1) is 6.92 Å². The highest BCUT2D eigenvalue weighted by atomic mass is 19.3. The van der Waals surface area contributed by atoms with E-state index in [9.17, 15) is 8.78 Å². The van der Waals surface area contributed by atoms with Crippen LogP contribution in [-0.2, 0) is 0 Å². The van der Waals surface area contributed by atoms with Crippen LogP contribution in [0.4, 0.5) is 14.7 Å². The molecule has 3 aromatic rings. The summed E-state index contributed by atoms with van der Waals surface area (Å²) < 4.78 is 29.8. The van der Waals surface area contributed by atoms with Crippen molar-refractivity contribution in [1.82, 2.24) is 19.5 Å². The van der Waals surface area contributed by atoms with Gasteiger partial charge in [0.15, 0.2) is 0 Å². The van der Waals surface area contributed by atoms with Crippen LogP contribution < -0.4 is 5.32 Å². The zero-order chi connectivity index (χ0) is 20.8. The number of likely N-dealkylation sites (tertiary alicyclic amines) is 1. The van der Waals surface area contributed by atoms with Gasteiger partial charge in [0.1, 0.15) is 5.69 Å². The second-order valence-corrected chi connectivity index (χ2v) is 8.81. The third-order valence-electron chi connectivity index (χ3n) is 6.24. The van der Waals surface area contributed by atoms with Gasteiger partial charge in [-0.05, 0) is 75.4 Å². The molecule has 5 rings (SSSR count). The summed E-state index contributed by atoms with van der Waals surface area (Å²) in [4.78, 5) is 2.30. The van der Waals surface area contributed by atoms with E-state index in [2.05, 4.69) is 27.5 Å². The first-order chi connectivity index (χ1) is 14.5. The molecule has 158 valence electrons. The number of piperidine rings is 1. The van der Waals surface area contributed by atoms with E-state index < -0.39 is 6.43 Å². The number of alkyl halides is 2. The fourth-order valence-corrected chi connectivity index (χ4v) is 4.56. The third-order valence-corrected chi connectivity index (χ3v) is 6.24. The average Bonchev–Trinajstić information content (AvgIpc) is 3.49. The Labute approximate surface area is 175 Å². The molecule has 30 heavy (non-hydrogen) atoms. The Morgan fingerprint density at radius 2 is 1.97 bits per heavy atom. The van der Waals surface area contributed by atoms with E-state index >= 15 is 0 Å². The number of anilines is 1. The molecule has 0 radical (unpaired) electrons. The number of rotatable bonds is 5. The van der Waals surface area contributed by atoms with Crippen LogP contribution in [0.5, 0.6) is 0 Å². The van der Waals surface area contributed by atoms with Crippen molar-refractivity contribution in [3.05, 3.63) is 47.2 Å². The molecule has 1 aliphatic heterocycles. The summed E-state index contributed by atoms with van der Waals surface area (Å²) in [6, 6.07) is 7.72. The maximum Gasteiger partial charge on any atom is 0.264 e. The first kappa shape index (κ1) is 19.4. The van der Waals surface area contributed by atoms with Crippen LogP contribution >= 0.6 is 0 Å². The van der Waals surface area contributed by atoms with Gasteiger partial charge in [-0.25, -0.2) is 8.78 Å². The van der Waals surface area contributed by atoms with Crippen LogP contribution in [-0.4, -0.2) is 45.7 Å². The van der Waals surface area contributed by atoms with E-state index in [-0.39, 0.29) is 5.56 Å². The maximum absolute atomic E-state index is 13.9. The van der Waals surface area contributed by atoms with E-state index in [0.717, 1.165) is 55.4 Å². The molecular weight excluding hydrogens is 384 g/mol. The summed E-state index contributed by atoms with van der Waals surface area (Å²) in [6.45, 7) is 4.05. The number of aromatic nitrogens is 3. The van der Waals surface area contributed by atoms with Crippen molar-refractivity contribution in [3.8, 4) is 11.3 Å². The van der Waals surface area contributed by atoms with Crippen LogP contribution in [0.15, 0.2) is 30.5 Å². The molecule has 2 aromatic heterocycles. The van der Waals surface area contributed by atoms with Gasteiger partial charge < -0.3 is 10.2 Å². The highest BCUT2D eigenvalue weighted by Gasteiger charge is 2.27. The summed E-state index contributed by atoms with van der Waals surface area (Å²) in [6.07, 6.45) is 3.82. The lowest BCUT2D eigenvalue weighted by atomic mass is 9.99. The van der Waals surface area contributed by atoms with Crippen molar-refractivity contribution in [2.45, 2.75) is 51.0 Å². The number of nitrogens with one attached hydrogen (secondary N) is 1. The minimum absolute atomic E-state index is 0.0454. The van der Waals surface area contributed by atoms with Gasteiger partial charge in [0.05, 0.1) is 5.52 Å². The topological polar surface area (TPSA) is 45.5 Å². The fourth-order valence-electron chi connectivity index (χ4n) is 4.56. The average molecular weight is 412 g/mol. The lowest BCUT2D eigenvalue weighted by Crippen LogP contribution is -2.40. The monoisotopic (exact) mass is 411 g/mol. The number of likely N-dealkylation sites (N-methyl/N-ethyl adjacent to an activating group) is 1. The summed E-state index contributed by atoms with van der Waals surface area (Å²) >= 11 is 0. The van der Waals surface area contributed by atoms with E-state index in [1.165, 1.54) is 0 Å². The van der Waals surface area contributed by atoms with Gasteiger partial charge in [-0.3, -0.25) is 4.40 Å². The van der Waals surface area contributed by atoms with E-state index in [0.29, 0.717) is 29.2 Å². The fraction of sp³-hybridized carbons (Fsp3) is 0.478. The first-order valence-electron chi connectivity index (χ1n) is 10.7. The summed E-state index contributed by atoms with van der Waals surface area (Å²) in [7, 11) is 2.12. The SMILES string of the molecule is Cc1cc2c(-c3ccc(C4CC4)cc3C(F)F)nnc(NC3CCCN(C)C3)n2c1. The minimum Gasteiger partial charge on any atom is -0.350 e. The second kappa shape index (κ2) is 7.61. The normalized spacial score (nSPS) is 20.2. The quantitative estimate of drug-likeness (QED) is 0.640. The lowest BCUT2D eigenvalue weighted by Gasteiger charge is -2.30. The van der Waals surface area contributed by atoms with Gasteiger partial charge in [-0.15, -0.1) is 10.2 Å². The molecule has 1 saturated heterocycles. The number of halogens is 2. The van der Waals surface area contributed by atoms with Crippen molar-refractivity contribution in [2.75, 3.05) is 25.5 Å². The predicted octanol–water partition coefficient (Wildman–Crippen LogP) is 5.03. The Morgan fingerprint density at radius 3 is 2.70 bits per heavy atom. The molecule has 1 N–H and O–H groups in total. The molecule has 1 unspecified atom stereocenters. The third kappa shape index (κ3) is 3.67. The Morgan fingerprint density at radius 1 is 1.13 bits per heavy atom. The molecule has 7 heteroatoms. The van der Waals surface area contributed by atoms with Gasteiger partial charge in [0.2, 0.25) is 5.95 Å². The summed E-state index contributed by atoms with van der Waals surface area (Å²) in [5.74, 6) is 1.09. The van der Waals surface area contributed by atoms with Gasteiger partial charge >= 0.3 is 0 Å². The zero-order valence-electron chi connectivity index (χ0n) is 17.4. The Hall–Kier alpha value is -2.54. The van der Waals surface area contributed by atoms with Gasteiger partial charge in [-0.2, -0.15) is 0 Å². The Kier molecular flexibility index (Phi) is 4.93. The number of benzene rings is 1. The zero-order valence-corrected chi connectivity index (χ0v) is 17.4. The molecule has 5 nitrogen and oxygen atoms in total. The second-order valence-electron chi connectivity index (χ2n) is 8.81. The van der Waals surface area contributed by atoms with Crippen molar-refractivity contribution < 1.29 is 8.78 Å². The van der Waals surface area contributed by atoms with Gasteiger partial charge in [0.25, 0.3) is 6.43 Å². The van der Waals surface area contributed by atoms with E-state index in [1.54, 1.807) is 12.1 Å². The van der Waals surface area contributed by atoms with E-state index in [1.807, 2.05) is 29.7 Å². The van der Waals surface area contributed by atoms with Crippen LogP contribution in [0.2, 0.25) is 0 Å². The van der Waals surface area contributed by atoms with Crippen molar-refractivity contribution >= 4 is 11.5 Å². The van der Waals surface area contributed by atoms with Crippen LogP contribution in [0.3, 0.4) is 0 Å². The van der Waals surface area contributed by atoms with Crippen molar-refractivity contribution in [1.29, 1.82) is 0 Å². The van der Waals surface area contributed by atoms with Crippen LogP contribution in [0.25, 0.3) is 16.8 Å². The number of aryl methyl sites for hydroxylation is 1. The number of nitrogens with zero attached hydrogens (tertiary/aromatic N) is 4. The molecule has 2 fully saturated rings. The van der Waals surface area contributed by atoms with Gasteiger partial charge in [-0.1, -0.05) is 12.1 Å². The van der Waals surface area contributed by atoms with Crippen molar-refractivity contribution in [3.63, 3.8) is 0 Å². The number of fused-ring (bicyclic) bond motifs is 1. The molecule has 0 spiro atoms. The molecule has 1 atom stereocenters. The molecule has 1 aliphatic carbocycles. The molecule has 1 saturated carbocycles. The molecule has 0 amide bonds. The molecule has 2 aliphatic rings. The predicted molar refractivity (Wildman–Crippen MR) is 114 cm³/mol. The standard InChI is InChI=1S/C23H27F2N5/c1-14-10-20-21(18-8-7-16(15-5-6-15)11-19(18)22(24)25)27-28-23(30(20)12-14)26-17-4-3-9-29(2)13-17/h7-8,10-12,15,17,22H,3-6,9,13H2,1-2H3,(H,26,28). The molecule has 0 bridgehead atoms. The Balaban J connectivity index is 1.56. The lowest BCUT2D eigenvalue weighted by molar-refractivity contribution is 0.152. The smallest absolute Gasteiger partial charge is 0.264 e. The van der Waals surface area contributed by atoms with Gasteiger partial charge in [0, 0.05) is 29.9 Å². The first-order valence-corrected chi connectivity index (χ1v) is 10.7. The summed E-state index contributed by atoms with van der Waals surface area (Å²) in [5, 5.41) is 12.4. The number of hydrogen-bond acceptors (Lipinski definition) is 4. The van der Waals surface area contributed by atoms with Crippen LogP contribution in [0.1, 0.15) is 54.7 Å². The molecule has 1 aromatic carbocycles. The highest BCUT2D eigenvalue weighted by molar-refractivity contribution is 5.80. The number of hydrogen-bond donors (Lipinski definition) is 1. The molecule has 3 heterocycles. The maximum atomic E-state index is 13.9. The largest absolute Gasteiger partial charge is 0.350 e. The summed E-state index contributed by atoms with van der Waals surface area (Å²) in [5.41, 5.74) is 3.87. The minimum atomic E-state index is -2.55. The highest BCUT2D eigenvalue weighted by Crippen LogP contribution is 2.43.